The molecule has 0 saturated heterocycles. The average molecular weight is 451 g/mol. The van der Waals surface area contributed by atoms with Gasteiger partial charge in [0, 0.05) is 23.1 Å². The van der Waals surface area contributed by atoms with Crippen LogP contribution in [0.2, 0.25) is 0 Å². The van der Waals surface area contributed by atoms with Crippen molar-refractivity contribution in [2.45, 2.75) is 63.7 Å². The Bertz CT molecular complexity index is 1240. The zero-order valence-electron chi connectivity index (χ0n) is 17.7. The van der Waals surface area contributed by atoms with E-state index in [1.165, 1.54) is 0 Å². The summed E-state index contributed by atoms with van der Waals surface area (Å²) in [4.78, 5) is -0.0880. The Kier molecular flexibility index (Phi) is 5.42. The van der Waals surface area contributed by atoms with E-state index < -0.39 is 28.8 Å². The molecule has 0 fully saturated rings. The third kappa shape index (κ3) is 3.99. The summed E-state index contributed by atoms with van der Waals surface area (Å²) in [5, 5.41) is 0.948. The van der Waals surface area contributed by atoms with Crippen LogP contribution in [0.1, 0.15) is 34.4 Å². The van der Waals surface area contributed by atoms with Crippen molar-refractivity contribution in [1.29, 1.82) is 0 Å². The molecule has 1 N–H and O–H groups in total. The first-order valence-electron chi connectivity index (χ1n) is 10.2. The number of halogens is 3. The molecule has 0 spiro atoms. The van der Waals surface area contributed by atoms with Crippen LogP contribution in [-0.2, 0) is 29.4 Å². The molecule has 2 aromatic carbocycles. The molecule has 1 aromatic heterocycles. The molecule has 31 heavy (non-hydrogen) atoms. The number of hydrogen-bond acceptors (Lipinski definition) is 2. The highest BCUT2D eigenvalue weighted by molar-refractivity contribution is 7.89. The lowest BCUT2D eigenvalue weighted by Crippen LogP contribution is -2.48. The zero-order chi connectivity index (χ0) is 22.6. The van der Waals surface area contributed by atoms with Crippen LogP contribution in [0.15, 0.2) is 41.3 Å². The van der Waals surface area contributed by atoms with E-state index in [1.54, 1.807) is 42.7 Å². The number of alkyl halides is 3. The van der Waals surface area contributed by atoms with Gasteiger partial charge < -0.3 is 4.57 Å². The maximum atomic E-state index is 14.0. The standard InChI is InChI=1S/C23H25F3N2O2S/c1-14-11-15(2)22(16(3)12-14)31(29,30)27-21(23(24,25)26)13-28-19-9-5-4-7-17(19)18-8-6-10-20(18)28/h4-5,7,9,11-12,21,27H,6,8,10,13H2,1-3H3. The molecule has 166 valence electrons. The summed E-state index contributed by atoms with van der Waals surface area (Å²) in [6, 6.07) is 8.47. The Morgan fingerprint density at radius 1 is 1.06 bits per heavy atom. The molecule has 0 radical (unpaired) electrons. The molecular weight excluding hydrogens is 425 g/mol. The van der Waals surface area contributed by atoms with Crippen molar-refractivity contribution in [2.75, 3.05) is 0 Å². The van der Waals surface area contributed by atoms with Gasteiger partial charge in [0.25, 0.3) is 0 Å². The van der Waals surface area contributed by atoms with Crippen LogP contribution in [0.3, 0.4) is 0 Å². The lowest BCUT2D eigenvalue weighted by molar-refractivity contribution is -0.154. The molecule has 0 amide bonds. The van der Waals surface area contributed by atoms with Crippen LogP contribution in [0.5, 0.6) is 0 Å². The van der Waals surface area contributed by atoms with Crippen molar-refractivity contribution in [1.82, 2.24) is 9.29 Å². The largest absolute Gasteiger partial charge is 0.406 e. The molecule has 0 saturated carbocycles. The summed E-state index contributed by atoms with van der Waals surface area (Å²) in [6.07, 6.45) is -2.33. The van der Waals surface area contributed by atoms with Gasteiger partial charge in [-0.25, -0.2) is 8.42 Å². The average Bonchev–Trinajstić information content (AvgIpc) is 3.21. The summed E-state index contributed by atoms with van der Waals surface area (Å²) in [5.74, 6) is 0. The third-order valence-corrected chi connectivity index (χ3v) is 7.74. The van der Waals surface area contributed by atoms with Gasteiger partial charge in [0.15, 0.2) is 0 Å². The van der Waals surface area contributed by atoms with E-state index in [9.17, 15) is 21.6 Å². The number of aryl methyl sites for hydroxylation is 4. The molecule has 1 atom stereocenters. The van der Waals surface area contributed by atoms with Gasteiger partial charge in [-0.05, 0) is 62.8 Å². The lowest BCUT2D eigenvalue weighted by atomic mass is 10.1. The summed E-state index contributed by atoms with van der Waals surface area (Å²) >= 11 is 0. The summed E-state index contributed by atoms with van der Waals surface area (Å²) in [6.45, 7) is 4.52. The predicted molar refractivity (Wildman–Crippen MR) is 115 cm³/mol. The number of nitrogens with zero attached hydrogens (tertiary/aromatic N) is 1. The highest BCUT2D eigenvalue weighted by Crippen LogP contribution is 2.35. The number of benzene rings is 2. The van der Waals surface area contributed by atoms with Gasteiger partial charge in [0.05, 0.1) is 4.90 Å². The molecule has 1 heterocycles. The SMILES string of the molecule is Cc1cc(C)c(S(=O)(=O)NC(Cn2c3c(c4ccccc42)CCC3)C(F)(F)F)c(C)c1. The highest BCUT2D eigenvalue weighted by Gasteiger charge is 2.43. The number of hydrogen-bond donors (Lipinski definition) is 1. The molecule has 1 aliphatic rings. The Morgan fingerprint density at radius 3 is 2.35 bits per heavy atom. The Balaban J connectivity index is 1.75. The minimum absolute atomic E-state index is 0.0880. The topological polar surface area (TPSA) is 51.1 Å². The number of nitrogens with one attached hydrogen (secondary N) is 1. The van der Waals surface area contributed by atoms with Crippen molar-refractivity contribution < 1.29 is 21.6 Å². The quantitative estimate of drug-likeness (QED) is 0.597. The van der Waals surface area contributed by atoms with Gasteiger partial charge >= 0.3 is 6.18 Å². The van der Waals surface area contributed by atoms with Gasteiger partial charge in [-0.15, -0.1) is 0 Å². The molecule has 0 aliphatic heterocycles. The van der Waals surface area contributed by atoms with E-state index in [0.717, 1.165) is 35.0 Å². The Hall–Kier alpha value is -2.32. The van der Waals surface area contributed by atoms with E-state index in [0.29, 0.717) is 23.1 Å². The van der Waals surface area contributed by atoms with Crippen molar-refractivity contribution in [2.24, 2.45) is 0 Å². The van der Waals surface area contributed by atoms with E-state index in [2.05, 4.69) is 0 Å². The van der Waals surface area contributed by atoms with Crippen LogP contribution >= 0.6 is 0 Å². The maximum absolute atomic E-state index is 14.0. The van der Waals surface area contributed by atoms with E-state index in [1.807, 2.05) is 23.8 Å². The first-order valence-corrected chi connectivity index (χ1v) is 11.7. The number of para-hydroxylation sites is 1. The van der Waals surface area contributed by atoms with Gasteiger partial charge in [0.1, 0.15) is 6.04 Å². The summed E-state index contributed by atoms with van der Waals surface area (Å²) in [5.41, 5.74) is 4.37. The molecule has 4 nitrogen and oxygen atoms in total. The van der Waals surface area contributed by atoms with E-state index >= 15 is 0 Å². The summed E-state index contributed by atoms with van der Waals surface area (Å²) in [7, 11) is -4.37. The van der Waals surface area contributed by atoms with Crippen LogP contribution in [-0.4, -0.2) is 25.2 Å². The zero-order valence-corrected chi connectivity index (χ0v) is 18.5. The number of sulfonamides is 1. The van der Waals surface area contributed by atoms with Gasteiger partial charge in [-0.3, -0.25) is 0 Å². The number of aromatic nitrogens is 1. The van der Waals surface area contributed by atoms with Gasteiger partial charge in [0.2, 0.25) is 10.0 Å². The summed E-state index contributed by atoms with van der Waals surface area (Å²) < 4.78 is 71.8. The maximum Gasteiger partial charge on any atom is 0.406 e. The number of fused-ring (bicyclic) bond motifs is 3. The second kappa shape index (κ2) is 7.67. The minimum Gasteiger partial charge on any atom is -0.342 e. The van der Waals surface area contributed by atoms with Crippen molar-refractivity contribution in [3.05, 3.63) is 64.3 Å². The molecule has 8 heteroatoms. The Morgan fingerprint density at radius 2 is 1.71 bits per heavy atom. The van der Waals surface area contributed by atoms with E-state index in [-0.39, 0.29) is 4.90 Å². The molecule has 4 rings (SSSR count). The van der Waals surface area contributed by atoms with Crippen molar-refractivity contribution in [3.63, 3.8) is 0 Å². The normalized spacial score (nSPS) is 15.4. The molecule has 0 bridgehead atoms. The van der Waals surface area contributed by atoms with Crippen LogP contribution in [0, 0.1) is 20.8 Å². The number of rotatable bonds is 5. The monoisotopic (exact) mass is 450 g/mol. The molecule has 3 aromatic rings. The second-order valence-corrected chi connectivity index (χ2v) is 10.0. The lowest BCUT2D eigenvalue weighted by Gasteiger charge is -2.24. The fourth-order valence-electron chi connectivity index (χ4n) is 4.86. The first-order chi connectivity index (χ1) is 14.5. The van der Waals surface area contributed by atoms with E-state index in [4.69, 9.17) is 0 Å². The van der Waals surface area contributed by atoms with Crippen LogP contribution in [0.25, 0.3) is 10.9 Å². The van der Waals surface area contributed by atoms with Crippen molar-refractivity contribution in [3.8, 4) is 0 Å². The van der Waals surface area contributed by atoms with Gasteiger partial charge in [-0.2, -0.15) is 17.9 Å². The van der Waals surface area contributed by atoms with Crippen LogP contribution in [0.4, 0.5) is 13.2 Å². The van der Waals surface area contributed by atoms with Gasteiger partial charge in [-0.1, -0.05) is 35.9 Å². The van der Waals surface area contributed by atoms with Crippen LogP contribution < -0.4 is 4.72 Å². The van der Waals surface area contributed by atoms with Crippen molar-refractivity contribution >= 4 is 20.9 Å². The molecule has 1 unspecified atom stereocenters. The highest BCUT2D eigenvalue weighted by atomic mass is 32.2. The fourth-order valence-corrected chi connectivity index (χ4v) is 6.53. The smallest absolute Gasteiger partial charge is 0.342 e. The third-order valence-electron chi connectivity index (χ3n) is 5.97. The fraction of sp³-hybridized carbons (Fsp3) is 0.391. The molecular formula is C23H25F3N2O2S. The predicted octanol–water partition coefficient (Wildman–Crippen LogP) is 4.96. The Labute approximate surface area is 180 Å². The minimum atomic E-state index is -4.74. The molecule has 1 aliphatic carbocycles. The first kappa shape index (κ1) is 21.9. The second-order valence-electron chi connectivity index (χ2n) is 8.35.